The van der Waals surface area contributed by atoms with Gasteiger partial charge < -0.3 is 10.2 Å². The Labute approximate surface area is 85.8 Å². The summed E-state index contributed by atoms with van der Waals surface area (Å²) in [5.41, 5.74) is 1.05. The molecule has 14 heavy (non-hydrogen) atoms. The first kappa shape index (κ1) is 9.40. The predicted octanol–water partition coefficient (Wildman–Crippen LogP) is 2.06. The molecule has 1 aromatic rings. The minimum absolute atomic E-state index is 0.0908. The molecule has 0 saturated carbocycles. The summed E-state index contributed by atoms with van der Waals surface area (Å²) in [5.74, 6) is 0.363. The number of aliphatic carboxylic acids is 1. The lowest BCUT2D eigenvalue weighted by molar-refractivity contribution is -0.137. The van der Waals surface area contributed by atoms with Gasteiger partial charge in [0.1, 0.15) is 5.75 Å². The number of carbonyl (C=O) groups is 1. The van der Waals surface area contributed by atoms with Crippen molar-refractivity contribution >= 4 is 17.7 Å². The number of hydrogen-bond donors (Lipinski definition) is 2. The van der Waals surface area contributed by atoms with E-state index in [4.69, 9.17) is 5.11 Å². The van der Waals surface area contributed by atoms with Crippen LogP contribution in [0.25, 0.3) is 0 Å². The Hall–Kier alpha value is -1.16. The van der Waals surface area contributed by atoms with Crippen molar-refractivity contribution in [3.8, 4) is 5.75 Å². The van der Waals surface area contributed by atoms with Crippen LogP contribution in [0.1, 0.15) is 17.9 Å². The fraction of sp³-hybridized carbons (Fsp3) is 0.300. The maximum absolute atomic E-state index is 10.6. The molecule has 0 amide bonds. The Morgan fingerprint density at radius 3 is 3.07 bits per heavy atom. The monoisotopic (exact) mass is 210 g/mol. The molecule has 4 heteroatoms. The van der Waals surface area contributed by atoms with Gasteiger partial charge in [0.15, 0.2) is 0 Å². The normalized spacial score (nSPS) is 19.3. The molecule has 0 saturated heterocycles. The summed E-state index contributed by atoms with van der Waals surface area (Å²) >= 11 is 1.61. The molecule has 0 spiro atoms. The molecule has 1 aliphatic rings. The minimum atomic E-state index is -0.767. The Morgan fingerprint density at radius 2 is 2.36 bits per heavy atom. The van der Waals surface area contributed by atoms with Crippen molar-refractivity contribution in [1.82, 2.24) is 0 Å². The lowest BCUT2D eigenvalue weighted by Gasteiger charge is -2.06. The van der Waals surface area contributed by atoms with E-state index in [9.17, 15) is 9.90 Å². The molecule has 1 atom stereocenters. The third kappa shape index (κ3) is 1.70. The zero-order chi connectivity index (χ0) is 10.1. The first-order valence-electron chi connectivity index (χ1n) is 4.34. The van der Waals surface area contributed by atoms with Crippen LogP contribution in [-0.2, 0) is 4.79 Å². The fourth-order valence-corrected chi connectivity index (χ4v) is 2.93. The molecule has 74 valence electrons. The minimum Gasteiger partial charge on any atom is -0.508 e. The average Bonchev–Trinajstić information content (AvgIpc) is 2.47. The molecular weight excluding hydrogens is 200 g/mol. The van der Waals surface area contributed by atoms with Gasteiger partial charge in [-0.15, -0.1) is 11.8 Å². The van der Waals surface area contributed by atoms with Gasteiger partial charge in [0.2, 0.25) is 0 Å². The highest BCUT2D eigenvalue weighted by Crippen LogP contribution is 2.42. The van der Waals surface area contributed by atoms with E-state index in [2.05, 4.69) is 0 Å². The second-order valence-electron chi connectivity index (χ2n) is 3.33. The molecule has 0 radical (unpaired) electrons. The molecule has 3 nitrogen and oxygen atoms in total. The maximum Gasteiger partial charge on any atom is 0.303 e. The van der Waals surface area contributed by atoms with Gasteiger partial charge in [-0.2, -0.15) is 0 Å². The van der Waals surface area contributed by atoms with E-state index >= 15 is 0 Å². The van der Waals surface area contributed by atoms with E-state index in [1.54, 1.807) is 23.9 Å². The summed E-state index contributed by atoms with van der Waals surface area (Å²) in [6, 6.07) is 5.12. The second-order valence-corrected chi connectivity index (χ2v) is 4.39. The molecule has 1 aromatic carbocycles. The SMILES string of the molecule is O=C(O)C[C@@H]1CSc2cc(O)ccc21. The van der Waals surface area contributed by atoms with Gasteiger partial charge in [0.25, 0.3) is 0 Å². The molecule has 2 rings (SSSR count). The molecule has 0 bridgehead atoms. The zero-order valence-electron chi connectivity index (χ0n) is 7.43. The van der Waals surface area contributed by atoms with Crippen LogP contribution in [0, 0.1) is 0 Å². The Kier molecular flexibility index (Phi) is 2.37. The molecule has 1 aliphatic heterocycles. The number of fused-ring (bicyclic) bond motifs is 1. The Bertz CT molecular complexity index is 376. The number of rotatable bonds is 2. The van der Waals surface area contributed by atoms with E-state index < -0.39 is 5.97 Å². The van der Waals surface area contributed by atoms with Crippen molar-refractivity contribution < 1.29 is 15.0 Å². The third-order valence-electron chi connectivity index (χ3n) is 2.30. The van der Waals surface area contributed by atoms with Crippen LogP contribution in [0.15, 0.2) is 23.1 Å². The van der Waals surface area contributed by atoms with E-state index in [0.717, 1.165) is 16.2 Å². The zero-order valence-corrected chi connectivity index (χ0v) is 8.25. The summed E-state index contributed by atoms with van der Waals surface area (Å²) in [6.45, 7) is 0. The largest absolute Gasteiger partial charge is 0.508 e. The summed E-state index contributed by atoms with van der Waals surface area (Å²) in [6.07, 6.45) is 0.171. The molecule has 0 unspecified atom stereocenters. The number of carboxylic acid groups (broad SMARTS) is 1. The van der Waals surface area contributed by atoms with Crippen LogP contribution < -0.4 is 0 Å². The van der Waals surface area contributed by atoms with Crippen LogP contribution in [0.3, 0.4) is 0 Å². The van der Waals surface area contributed by atoms with E-state index in [-0.39, 0.29) is 18.1 Å². The number of hydrogen-bond acceptors (Lipinski definition) is 3. The van der Waals surface area contributed by atoms with E-state index in [1.807, 2.05) is 6.07 Å². The molecular formula is C10H10O3S. The molecule has 0 fully saturated rings. The number of phenolic OH excluding ortho intramolecular Hbond substituents is 1. The number of carboxylic acids is 1. The van der Waals surface area contributed by atoms with Gasteiger partial charge in [-0.1, -0.05) is 6.07 Å². The summed E-state index contributed by atoms with van der Waals surface area (Å²) < 4.78 is 0. The number of aromatic hydroxyl groups is 1. The van der Waals surface area contributed by atoms with Crippen molar-refractivity contribution in [1.29, 1.82) is 0 Å². The van der Waals surface area contributed by atoms with E-state index in [0.29, 0.717) is 0 Å². The van der Waals surface area contributed by atoms with Gasteiger partial charge in [0, 0.05) is 16.6 Å². The van der Waals surface area contributed by atoms with Crippen molar-refractivity contribution in [3.05, 3.63) is 23.8 Å². The first-order valence-corrected chi connectivity index (χ1v) is 5.33. The highest BCUT2D eigenvalue weighted by molar-refractivity contribution is 7.99. The molecule has 1 heterocycles. The predicted molar refractivity (Wildman–Crippen MR) is 53.8 cm³/mol. The standard InChI is InChI=1S/C10H10O3S/c11-7-1-2-8-6(3-10(12)13)5-14-9(8)4-7/h1-2,4,6,11H,3,5H2,(H,12,13)/t6-/m1/s1. The van der Waals surface area contributed by atoms with Crippen LogP contribution >= 0.6 is 11.8 Å². The quantitative estimate of drug-likeness (QED) is 0.784. The lowest BCUT2D eigenvalue weighted by Crippen LogP contribution is -2.05. The highest BCUT2D eigenvalue weighted by atomic mass is 32.2. The van der Waals surface area contributed by atoms with Crippen molar-refractivity contribution in [2.24, 2.45) is 0 Å². The van der Waals surface area contributed by atoms with Crippen LogP contribution in [0.5, 0.6) is 5.75 Å². The van der Waals surface area contributed by atoms with Crippen molar-refractivity contribution in [3.63, 3.8) is 0 Å². The van der Waals surface area contributed by atoms with Crippen molar-refractivity contribution in [2.45, 2.75) is 17.2 Å². The third-order valence-corrected chi connectivity index (χ3v) is 3.53. The summed E-state index contributed by atoms with van der Waals surface area (Å²) in [5, 5.41) is 17.9. The second kappa shape index (κ2) is 3.53. The summed E-state index contributed by atoms with van der Waals surface area (Å²) in [4.78, 5) is 11.6. The first-order chi connectivity index (χ1) is 6.66. The van der Waals surface area contributed by atoms with E-state index in [1.165, 1.54) is 0 Å². The maximum atomic E-state index is 10.6. The lowest BCUT2D eigenvalue weighted by atomic mass is 9.98. The number of phenols is 1. The van der Waals surface area contributed by atoms with Gasteiger partial charge in [-0.3, -0.25) is 4.79 Å². The van der Waals surface area contributed by atoms with Crippen LogP contribution in [-0.4, -0.2) is 21.9 Å². The van der Waals surface area contributed by atoms with Crippen LogP contribution in [0.4, 0.5) is 0 Å². The van der Waals surface area contributed by atoms with Gasteiger partial charge in [-0.25, -0.2) is 0 Å². The Balaban J connectivity index is 2.26. The topological polar surface area (TPSA) is 57.5 Å². The van der Waals surface area contributed by atoms with Crippen LogP contribution in [0.2, 0.25) is 0 Å². The molecule has 0 aliphatic carbocycles. The number of benzene rings is 1. The Morgan fingerprint density at radius 1 is 1.57 bits per heavy atom. The smallest absolute Gasteiger partial charge is 0.303 e. The van der Waals surface area contributed by atoms with Gasteiger partial charge in [-0.05, 0) is 17.7 Å². The number of thioether (sulfide) groups is 1. The average molecular weight is 210 g/mol. The molecule has 0 aromatic heterocycles. The van der Waals surface area contributed by atoms with Gasteiger partial charge in [0.05, 0.1) is 6.42 Å². The summed E-state index contributed by atoms with van der Waals surface area (Å²) in [7, 11) is 0. The fourth-order valence-electron chi connectivity index (χ4n) is 1.65. The highest BCUT2D eigenvalue weighted by Gasteiger charge is 2.25. The van der Waals surface area contributed by atoms with Gasteiger partial charge >= 0.3 is 5.97 Å². The van der Waals surface area contributed by atoms with Crippen molar-refractivity contribution in [2.75, 3.05) is 5.75 Å². The molecule has 2 N–H and O–H groups in total.